The smallest absolute Gasteiger partial charge is 0.212 e. The number of aryl methyl sites for hydroxylation is 2. The van der Waals surface area contributed by atoms with Gasteiger partial charge in [-0.3, -0.25) is 0 Å². The van der Waals surface area contributed by atoms with Gasteiger partial charge < -0.3 is 4.74 Å². The van der Waals surface area contributed by atoms with Crippen molar-refractivity contribution in [1.29, 1.82) is 0 Å². The van der Waals surface area contributed by atoms with E-state index in [0.717, 1.165) is 27.8 Å². The minimum Gasteiger partial charge on any atom is -0.489 e. The van der Waals surface area contributed by atoms with Gasteiger partial charge in [0.1, 0.15) is 18.7 Å². The molecule has 6 heteroatoms. The van der Waals surface area contributed by atoms with Crippen LogP contribution in [0.4, 0.5) is 0 Å². The van der Waals surface area contributed by atoms with Crippen molar-refractivity contribution < 1.29 is 4.74 Å². The Hall–Kier alpha value is -3.38. The zero-order chi connectivity index (χ0) is 21.5. The summed E-state index contributed by atoms with van der Waals surface area (Å²) in [6.07, 6.45) is 3.41. The molecule has 5 nitrogen and oxygen atoms in total. The zero-order valence-electron chi connectivity index (χ0n) is 17.6. The van der Waals surface area contributed by atoms with E-state index in [9.17, 15) is 0 Å². The molecular formula is C25H24N4OS. The maximum atomic E-state index is 5.86. The van der Waals surface area contributed by atoms with Crippen molar-refractivity contribution in [3.05, 3.63) is 107 Å². The van der Waals surface area contributed by atoms with Crippen LogP contribution in [0.3, 0.4) is 0 Å². The van der Waals surface area contributed by atoms with Crippen LogP contribution in [-0.4, -0.2) is 21.1 Å². The molecule has 31 heavy (non-hydrogen) atoms. The van der Waals surface area contributed by atoms with Gasteiger partial charge in [0.15, 0.2) is 0 Å². The van der Waals surface area contributed by atoms with E-state index in [2.05, 4.69) is 77.7 Å². The highest BCUT2D eigenvalue weighted by Gasteiger charge is 2.05. The third kappa shape index (κ3) is 6.06. The van der Waals surface area contributed by atoms with E-state index >= 15 is 0 Å². The lowest BCUT2D eigenvalue weighted by Gasteiger charge is -2.07. The fraction of sp³-hybridized carbons (Fsp3) is 0.160. The molecule has 0 aliphatic heterocycles. The molecule has 0 amide bonds. The Balaban J connectivity index is 1.33. The number of rotatable bonds is 8. The second-order valence-electron chi connectivity index (χ2n) is 7.32. The number of nitrogens with zero attached hydrogens (tertiary/aromatic N) is 4. The van der Waals surface area contributed by atoms with Crippen LogP contribution in [0.5, 0.6) is 5.75 Å². The van der Waals surface area contributed by atoms with E-state index in [4.69, 9.17) is 4.74 Å². The lowest BCUT2D eigenvalue weighted by Crippen LogP contribution is -1.96. The van der Waals surface area contributed by atoms with Crippen LogP contribution in [0.25, 0.3) is 0 Å². The number of benzene rings is 3. The van der Waals surface area contributed by atoms with Gasteiger partial charge in [-0.05, 0) is 54.8 Å². The highest BCUT2D eigenvalue weighted by molar-refractivity contribution is 7.98. The third-order valence-corrected chi connectivity index (χ3v) is 5.73. The second-order valence-corrected chi connectivity index (χ2v) is 8.26. The van der Waals surface area contributed by atoms with Gasteiger partial charge in [-0.25, -0.2) is 0 Å². The highest BCUT2D eigenvalue weighted by atomic mass is 32.2. The second kappa shape index (κ2) is 10.1. The van der Waals surface area contributed by atoms with Crippen LogP contribution in [-0.2, 0) is 12.4 Å². The topological polar surface area (TPSA) is 52.3 Å². The molecule has 0 N–H and O–H groups in total. The summed E-state index contributed by atoms with van der Waals surface area (Å²) in [5.41, 5.74) is 5.88. The number of thioether (sulfide) groups is 1. The Bertz CT molecular complexity index is 1130. The van der Waals surface area contributed by atoms with E-state index in [1.807, 2.05) is 24.3 Å². The molecule has 0 bridgehead atoms. The van der Waals surface area contributed by atoms with E-state index in [-0.39, 0.29) is 0 Å². The van der Waals surface area contributed by atoms with Crippen LogP contribution < -0.4 is 4.74 Å². The summed E-state index contributed by atoms with van der Waals surface area (Å²) >= 11 is 1.61. The van der Waals surface area contributed by atoms with Crippen LogP contribution in [0.2, 0.25) is 0 Å². The largest absolute Gasteiger partial charge is 0.489 e. The van der Waals surface area contributed by atoms with Crippen molar-refractivity contribution in [2.45, 2.75) is 31.4 Å². The third-order valence-electron chi connectivity index (χ3n) is 4.73. The standard InChI is InChI=1S/C25H24N4OS/c1-19-3-7-22(8-4-19)16-30-24-13-11-21(12-14-24)15-27-29-18-26-28-25(29)31-17-23-9-5-20(2)6-10-23/h3-15,18H,16-17H2,1-2H3/b27-15-. The summed E-state index contributed by atoms with van der Waals surface area (Å²) in [5, 5.41) is 13.4. The monoisotopic (exact) mass is 428 g/mol. The average molecular weight is 429 g/mol. The van der Waals surface area contributed by atoms with Gasteiger partial charge >= 0.3 is 0 Å². The van der Waals surface area contributed by atoms with Crippen molar-refractivity contribution in [2.75, 3.05) is 0 Å². The van der Waals surface area contributed by atoms with Crippen molar-refractivity contribution in [2.24, 2.45) is 5.10 Å². The van der Waals surface area contributed by atoms with Crippen LogP contribution in [0.15, 0.2) is 89.4 Å². The number of hydrogen-bond acceptors (Lipinski definition) is 5. The molecule has 0 radical (unpaired) electrons. The van der Waals surface area contributed by atoms with Gasteiger partial charge in [0.25, 0.3) is 0 Å². The summed E-state index contributed by atoms with van der Waals surface area (Å²) in [5.74, 6) is 1.65. The van der Waals surface area contributed by atoms with E-state index < -0.39 is 0 Å². The first-order valence-corrected chi connectivity index (χ1v) is 11.1. The first-order chi connectivity index (χ1) is 15.2. The van der Waals surface area contributed by atoms with Crippen molar-refractivity contribution in [3.63, 3.8) is 0 Å². The van der Waals surface area contributed by atoms with Gasteiger partial charge in [0.05, 0.1) is 6.21 Å². The summed E-state index contributed by atoms with van der Waals surface area (Å²) in [4.78, 5) is 0. The average Bonchev–Trinajstić information content (AvgIpc) is 3.25. The Labute approximate surface area is 186 Å². The van der Waals surface area contributed by atoms with Crippen LogP contribution in [0.1, 0.15) is 27.8 Å². The SMILES string of the molecule is Cc1ccc(COc2ccc(/C=N\n3cnnc3SCc3ccc(C)cc3)cc2)cc1. The summed E-state index contributed by atoms with van der Waals surface area (Å²) in [6.45, 7) is 4.72. The zero-order valence-corrected chi connectivity index (χ0v) is 18.4. The summed E-state index contributed by atoms with van der Waals surface area (Å²) in [7, 11) is 0. The van der Waals surface area contributed by atoms with Crippen LogP contribution >= 0.6 is 11.8 Å². The fourth-order valence-electron chi connectivity index (χ4n) is 2.86. The molecule has 0 saturated carbocycles. The van der Waals surface area contributed by atoms with Crippen molar-refractivity contribution in [3.8, 4) is 5.75 Å². The number of aromatic nitrogens is 3. The summed E-state index contributed by atoms with van der Waals surface area (Å²) in [6, 6.07) is 24.7. The molecule has 4 aromatic rings. The predicted octanol–water partition coefficient (Wildman–Crippen LogP) is 5.65. The van der Waals surface area contributed by atoms with Crippen molar-refractivity contribution in [1.82, 2.24) is 14.9 Å². The molecule has 1 aromatic heterocycles. The van der Waals surface area contributed by atoms with E-state index in [1.54, 1.807) is 29.0 Å². The molecule has 0 saturated heterocycles. The lowest BCUT2D eigenvalue weighted by atomic mass is 10.2. The molecule has 3 aromatic carbocycles. The molecule has 0 atom stereocenters. The maximum Gasteiger partial charge on any atom is 0.212 e. The molecule has 0 spiro atoms. The Morgan fingerprint density at radius 2 is 1.52 bits per heavy atom. The quantitative estimate of drug-likeness (QED) is 0.269. The van der Waals surface area contributed by atoms with Gasteiger partial charge in [-0.2, -0.15) is 9.78 Å². The van der Waals surface area contributed by atoms with Gasteiger partial charge in [-0.1, -0.05) is 71.4 Å². The van der Waals surface area contributed by atoms with E-state index in [1.165, 1.54) is 16.7 Å². The van der Waals surface area contributed by atoms with Crippen molar-refractivity contribution >= 4 is 18.0 Å². The molecule has 4 rings (SSSR count). The Morgan fingerprint density at radius 1 is 0.871 bits per heavy atom. The Morgan fingerprint density at radius 3 is 2.19 bits per heavy atom. The normalized spacial score (nSPS) is 11.2. The fourth-order valence-corrected chi connectivity index (χ4v) is 3.68. The highest BCUT2D eigenvalue weighted by Crippen LogP contribution is 2.21. The molecule has 156 valence electrons. The van der Waals surface area contributed by atoms with Gasteiger partial charge in [-0.15, -0.1) is 10.2 Å². The first kappa shape index (κ1) is 20.9. The van der Waals surface area contributed by atoms with Crippen LogP contribution in [0, 0.1) is 13.8 Å². The molecule has 1 heterocycles. The van der Waals surface area contributed by atoms with Gasteiger partial charge in [0, 0.05) is 5.75 Å². The molecule has 0 unspecified atom stereocenters. The minimum atomic E-state index is 0.552. The molecule has 0 aliphatic carbocycles. The minimum absolute atomic E-state index is 0.552. The molecule has 0 aliphatic rings. The predicted molar refractivity (Wildman–Crippen MR) is 126 cm³/mol. The molecular weight excluding hydrogens is 404 g/mol. The van der Waals surface area contributed by atoms with Gasteiger partial charge in [0.2, 0.25) is 5.16 Å². The lowest BCUT2D eigenvalue weighted by molar-refractivity contribution is 0.306. The van der Waals surface area contributed by atoms with E-state index in [0.29, 0.717) is 6.61 Å². The first-order valence-electron chi connectivity index (χ1n) is 10.1. The number of ether oxygens (including phenoxy) is 1. The summed E-state index contributed by atoms with van der Waals surface area (Å²) < 4.78 is 7.56. The number of hydrogen-bond donors (Lipinski definition) is 0. The Kier molecular flexibility index (Phi) is 6.79. The molecule has 0 fully saturated rings. The maximum absolute atomic E-state index is 5.86.